The van der Waals surface area contributed by atoms with Crippen LogP contribution in [-0.4, -0.2) is 29.6 Å². The molecule has 0 spiro atoms. The van der Waals surface area contributed by atoms with Crippen molar-refractivity contribution in [3.05, 3.63) is 30.1 Å². The second kappa shape index (κ2) is 8.24. The number of hydrogen-bond acceptors (Lipinski definition) is 3. The van der Waals surface area contributed by atoms with E-state index in [0.717, 1.165) is 0 Å². The molecule has 0 aliphatic carbocycles. The lowest BCUT2D eigenvalue weighted by molar-refractivity contribution is -0.143. The highest BCUT2D eigenvalue weighted by atomic mass is 19.1. The summed E-state index contributed by atoms with van der Waals surface area (Å²) in [7, 11) is 0. The lowest BCUT2D eigenvalue weighted by Crippen LogP contribution is -2.44. The van der Waals surface area contributed by atoms with Gasteiger partial charge in [-0.2, -0.15) is 0 Å². The molecule has 0 bridgehead atoms. The van der Waals surface area contributed by atoms with Crippen LogP contribution in [0.15, 0.2) is 24.3 Å². The lowest BCUT2D eigenvalue weighted by Gasteiger charge is -2.17. The fraction of sp³-hybridized carbons (Fsp3) is 0.467. The van der Waals surface area contributed by atoms with Gasteiger partial charge in [-0.3, -0.25) is 4.79 Å². The Labute approximate surface area is 123 Å². The van der Waals surface area contributed by atoms with Crippen molar-refractivity contribution < 1.29 is 23.8 Å². The van der Waals surface area contributed by atoms with E-state index in [0.29, 0.717) is 12.2 Å². The largest absolute Gasteiger partial charge is 0.493 e. The average Bonchev–Trinajstić information content (AvgIpc) is 2.40. The first kappa shape index (κ1) is 16.9. The van der Waals surface area contributed by atoms with Crippen LogP contribution in [0.25, 0.3) is 0 Å². The lowest BCUT2D eigenvalue weighted by atomic mass is 10.0. The van der Waals surface area contributed by atoms with Crippen molar-refractivity contribution in [3.8, 4) is 5.75 Å². The normalized spacial score (nSPS) is 12.0. The number of rotatable bonds is 8. The molecule has 0 heterocycles. The monoisotopic (exact) mass is 297 g/mol. The predicted octanol–water partition coefficient (Wildman–Crippen LogP) is 2.21. The van der Waals surface area contributed by atoms with Crippen LogP contribution in [0, 0.1) is 11.7 Å². The molecule has 1 unspecified atom stereocenters. The Morgan fingerprint density at radius 2 is 2.10 bits per heavy atom. The van der Waals surface area contributed by atoms with Crippen LogP contribution in [0.5, 0.6) is 5.75 Å². The van der Waals surface area contributed by atoms with E-state index in [9.17, 15) is 14.0 Å². The standard InChI is InChI=1S/C15H20FNO4/c1-10(2)14(15(19)20)17-13(18)7-4-8-21-12-6-3-5-11(16)9-12/h3,5-6,9-10,14H,4,7-8H2,1-2H3,(H,17,18)(H,19,20). The zero-order chi connectivity index (χ0) is 15.8. The molecule has 1 amide bonds. The first-order chi connectivity index (χ1) is 9.90. The van der Waals surface area contributed by atoms with Crippen molar-refractivity contribution in [1.29, 1.82) is 0 Å². The van der Waals surface area contributed by atoms with Crippen molar-refractivity contribution >= 4 is 11.9 Å². The highest BCUT2D eigenvalue weighted by Gasteiger charge is 2.22. The molecule has 0 saturated carbocycles. The molecule has 0 saturated heterocycles. The molecule has 2 N–H and O–H groups in total. The van der Waals surface area contributed by atoms with Gasteiger partial charge in [0.15, 0.2) is 0 Å². The Kier molecular flexibility index (Phi) is 6.65. The van der Waals surface area contributed by atoms with Crippen LogP contribution in [-0.2, 0) is 9.59 Å². The van der Waals surface area contributed by atoms with Crippen molar-refractivity contribution in [1.82, 2.24) is 5.32 Å². The van der Waals surface area contributed by atoms with Gasteiger partial charge in [0.25, 0.3) is 0 Å². The number of carbonyl (C=O) groups is 2. The quantitative estimate of drug-likeness (QED) is 0.721. The maximum absolute atomic E-state index is 12.9. The molecule has 0 aromatic heterocycles. The summed E-state index contributed by atoms with van der Waals surface area (Å²) in [6.07, 6.45) is 0.582. The summed E-state index contributed by atoms with van der Waals surface area (Å²) < 4.78 is 18.2. The molecule has 0 fully saturated rings. The Morgan fingerprint density at radius 1 is 1.38 bits per heavy atom. The third-order valence-corrected chi connectivity index (χ3v) is 2.86. The molecule has 5 nitrogen and oxygen atoms in total. The minimum Gasteiger partial charge on any atom is -0.493 e. The molecule has 116 valence electrons. The first-order valence-electron chi connectivity index (χ1n) is 6.80. The number of halogens is 1. The first-order valence-corrected chi connectivity index (χ1v) is 6.80. The van der Waals surface area contributed by atoms with Gasteiger partial charge in [-0.15, -0.1) is 0 Å². The Bertz CT molecular complexity index is 490. The number of benzene rings is 1. The number of nitrogens with one attached hydrogen (secondary N) is 1. The Hall–Kier alpha value is -2.11. The number of aliphatic carboxylic acids is 1. The fourth-order valence-electron chi connectivity index (χ4n) is 1.74. The van der Waals surface area contributed by atoms with Gasteiger partial charge in [0.1, 0.15) is 17.6 Å². The van der Waals surface area contributed by atoms with Crippen molar-refractivity contribution in [2.24, 2.45) is 5.92 Å². The summed E-state index contributed by atoms with van der Waals surface area (Å²) in [5.41, 5.74) is 0. The van der Waals surface area contributed by atoms with E-state index in [1.54, 1.807) is 19.9 Å². The van der Waals surface area contributed by atoms with Gasteiger partial charge in [0, 0.05) is 12.5 Å². The second-order valence-corrected chi connectivity index (χ2v) is 5.04. The average molecular weight is 297 g/mol. The number of carboxylic acid groups (broad SMARTS) is 1. The van der Waals surface area contributed by atoms with Crippen molar-refractivity contribution in [3.63, 3.8) is 0 Å². The maximum atomic E-state index is 12.9. The van der Waals surface area contributed by atoms with Crippen molar-refractivity contribution in [2.45, 2.75) is 32.7 Å². The third kappa shape index (κ3) is 6.25. The smallest absolute Gasteiger partial charge is 0.326 e. The Morgan fingerprint density at radius 3 is 2.67 bits per heavy atom. The van der Waals surface area contributed by atoms with E-state index in [1.807, 2.05) is 0 Å². The molecule has 0 radical (unpaired) electrons. The molecular formula is C15H20FNO4. The minimum atomic E-state index is -1.05. The van der Waals surface area contributed by atoms with Gasteiger partial charge in [0.05, 0.1) is 6.61 Å². The van der Waals surface area contributed by atoms with Crippen LogP contribution in [0.4, 0.5) is 4.39 Å². The molecule has 21 heavy (non-hydrogen) atoms. The third-order valence-electron chi connectivity index (χ3n) is 2.86. The van der Waals surface area contributed by atoms with E-state index < -0.39 is 12.0 Å². The van der Waals surface area contributed by atoms with Gasteiger partial charge in [-0.25, -0.2) is 9.18 Å². The number of amides is 1. The zero-order valence-corrected chi connectivity index (χ0v) is 12.1. The van der Waals surface area contributed by atoms with E-state index in [4.69, 9.17) is 9.84 Å². The highest BCUT2D eigenvalue weighted by Crippen LogP contribution is 2.12. The summed E-state index contributed by atoms with van der Waals surface area (Å²) in [6.45, 7) is 3.72. The molecule has 0 aliphatic rings. The minimum absolute atomic E-state index is 0.159. The van der Waals surface area contributed by atoms with Gasteiger partial charge in [-0.05, 0) is 24.5 Å². The SMILES string of the molecule is CC(C)C(NC(=O)CCCOc1cccc(F)c1)C(=O)O. The van der Waals surface area contributed by atoms with E-state index in [2.05, 4.69) is 5.32 Å². The fourth-order valence-corrected chi connectivity index (χ4v) is 1.74. The van der Waals surface area contributed by atoms with E-state index in [-0.39, 0.29) is 30.7 Å². The summed E-state index contributed by atoms with van der Waals surface area (Å²) >= 11 is 0. The van der Waals surface area contributed by atoms with E-state index in [1.165, 1.54) is 18.2 Å². The van der Waals surface area contributed by atoms with Crippen LogP contribution < -0.4 is 10.1 Å². The summed E-state index contributed by atoms with van der Waals surface area (Å²) in [5, 5.41) is 11.4. The van der Waals surface area contributed by atoms with Crippen molar-refractivity contribution in [2.75, 3.05) is 6.61 Å². The van der Waals surface area contributed by atoms with Gasteiger partial charge < -0.3 is 15.2 Å². The predicted molar refractivity (Wildman–Crippen MR) is 75.5 cm³/mol. The molecule has 0 aliphatic heterocycles. The van der Waals surface area contributed by atoms with Crippen LogP contribution >= 0.6 is 0 Å². The molecule has 1 rings (SSSR count). The number of hydrogen-bond donors (Lipinski definition) is 2. The number of ether oxygens (including phenoxy) is 1. The van der Waals surface area contributed by atoms with Gasteiger partial charge in [0.2, 0.25) is 5.91 Å². The molecular weight excluding hydrogens is 277 g/mol. The molecule has 1 atom stereocenters. The zero-order valence-electron chi connectivity index (χ0n) is 12.1. The second-order valence-electron chi connectivity index (χ2n) is 5.04. The Balaban J connectivity index is 2.29. The molecule has 6 heteroatoms. The summed E-state index contributed by atoms with van der Waals surface area (Å²) in [6, 6.07) is 4.86. The topological polar surface area (TPSA) is 75.6 Å². The number of carboxylic acids is 1. The maximum Gasteiger partial charge on any atom is 0.326 e. The van der Waals surface area contributed by atoms with Crippen LogP contribution in [0.3, 0.4) is 0 Å². The van der Waals surface area contributed by atoms with Crippen LogP contribution in [0.1, 0.15) is 26.7 Å². The highest BCUT2D eigenvalue weighted by molar-refractivity contribution is 5.83. The van der Waals surface area contributed by atoms with Gasteiger partial charge in [-0.1, -0.05) is 19.9 Å². The van der Waals surface area contributed by atoms with E-state index >= 15 is 0 Å². The summed E-state index contributed by atoms with van der Waals surface area (Å²) in [4.78, 5) is 22.6. The summed E-state index contributed by atoms with van der Waals surface area (Å²) in [5.74, 6) is -1.55. The molecule has 1 aromatic rings. The van der Waals surface area contributed by atoms with Crippen LogP contribution in [0.2, 0.25) is 0 Å². The van der Waals surface area contributed by atoms with Gasteiger partial charge >= 0.3 is 5.97 Å². The molecule has 1 aromatic carbocycles. The number of carbonyl (C=O) groups excluding carboxylic acids is 1.